The van der Waals surface area contributed by atoms with Crippen molar-refractivity contribution in [2.24, 2.45) is 5.73 Å². The van der Waals surface area contributed by atoms with Gasteiger partial charge in [0.2, 0.25) is 0 Å². The maximum Gasteiger partial charge on any atom is 0.431 e. The molecule has 1 saturated heterocycles. The molecule has 1 aliphatic heterocycles. The fourth-order valence-electron chi connectivity index (χ4n) is 2.67. The molecule has 0 spiro atoms. The van der Waals surface area contributed by atoms with E-state index in [2.05, 4.69) is 4.74 Å². The SMILES string of the molecule is CC1COCCO1.COCC(F)F.COc1ccc(-c2cc(C(N)=O)c(=O)[nH]c2C(F)(F)F)cc1. The Labute approximate surface area is 198 Å². The van der Waals surface area contributed by atoms with Crippen LogP contribution in [-0.2, 0) is 20.4 Å². The molecule has 1 aromatic heterocycles. The second kappa shape index (κ2) is 14.4. The number of alkyl halides is 5. The van der Waals surface area contributed by atoms with Crippen molar-refractivity contribution in [3.8, 4) is 16.9 Å². The third-order valence-corrected chi connectivity index (χ3v) is 4.27. The van der Waals surface area contributed by atoms with E-state index in [4.69, 9.17) is 19.9 Å². The molecule has 0 aliphatic carbocycles. The van der Waals surface area contributed by atoms with Crippen molar-refractivity contribution in [2.75, 3.05) is 40.6 Å². The van der Waals surface area contributed by atoms with Gasteiger partial charge in [-0.1, -0.05) is 12.1 Å². The van der Waals surface area contributed by atoms with Crippen LogP contribution in [0.25, 0.3) is 11.1 Å². The number of primary amides is 1. The highest BCUT2D eigenvalue weighted by Crippen LogP contribution is 2.35. The van der Waals surface area contributed by atoms with E-state index in [0.717, 1.165) is 25.9 Å². The third-order valence-electron chi connectivity index (χ3n) is 4.27. The first-order chi connectivity index (χ1) is 16.4. The average Bonchev–Trinajstić information content (AvgIpc) is 2.79. The molecule has 3 rings (SSSR count). The fourth-order valence-corrected chi connectivity index (χ4v) is 2.67. The van der Waals surface area contributed by atoms with Crippen LogP contribution in [-0.4, -0.2) is 64.1 Å². The second-order valence-electron chi connectivity index (χ2n) is 6.99. The van der Waals surface area contributed by atoms with Gasteiger partial charge in [0.15, 0.2) is 0 Å². The number of halogens is 5. The summed E-state index contributed by atoms with van der Waals surface area (Å²) in [5.74, 6) is -0.651. The zero-order chi connectivity index (χ0) is 26.6. The molecule has 1 fully saturated rings. The number of hydrogen-bond acceptors (Lipinski definition) is 6. The zero-order valence-corrected chi connectivity index (χ0v) is 19.3. The summed E-state index contributed by atoms with van der Waals surface area (Å²) in [6, 6.07) is 6.53. The number of pyridine rings is 1. The smallest absolute Gasteiger partial charge is 0.431 e. The lowest BCUT2D eigenvalue weighted by Crippen LogP contribution is -2.27. The van der Waals surface area contributed by atoms with E-state index in [9.17, 15) is 31.5 Å². The number of H-pyrrole nitrogens is 1. The van der Waals surface area contributed by atoms with Crippen LogP contribution in [0.2, 0.25) is 0 Å². The van der Waals surface area contributed by atoms with Crippen LogP contribution < -0.4 is 16.0 Å². The molecule has 8 nitrogen and oxygen atoms in total. The van der Waals surface area contributed by atoms with Crippen LogP contribution in [0, 0.1) is 0 Å². The van der Waals surface area contributed by atoms with Crippen molar-refractivity contribution in [3.63, 3.8) is 0 Å². The third kappa shape index (κ3) is 10.4. The van der Waals surface area contributed by atoms with Gasteiger partial charge in [-0.3, -0.25) is 9.59 Å². The number of benzene rings is 1. The lowest BCUT2D eigenvalue weighted by Gasteiger charge is -2.18. The summed E-state index contributed by atoms with van der Waals surface area (Å²) >= 11 is 0. The number of hydrogen-bond donors (Lipinski definition) is 2. The van der Waals surface area contributed by atoms with E-state index < -0.39 is 41.9 Å². The number of carbonyl (C=O) groups excluding carboxylic acids is 1. The highest BCUT2D eigenvalue weighted by Gasteiger charge is 2.36. The Morgan fingerprint density at radius 3 is 2.17 bits per heavy atom. The van der Waals surface area contributed by atoms with Crippen LogP contribution in [0.4, 0.5) is 22.0 Å². The molecule has 2 aromatic rings. The zero-order valence-electron chi connectivity index (χ0n) is 19.3. The number of nitrogens with one attached hydrogen (secondary N) is 1. The fraction of sp³-hybridized carbons (Fsp3) is 0.455. The summed E-state index contributed by atoms with van der Waals surface area (Å²) in [6.45, 7) is 3.85. The molecule has 3 N–H and O–H groups in total. The Hall–Kier alpha value is -3.03. The predicted molar refractivity (Wildman–Crippen MR) is 117 cm³/mol. The molecule has 1 atom stereocenters. The number of carbonyl (C=O) groups is 1. The second-order valence-corrected chi connectivity index (χ2v) is 6.99. The highest BCUT2D eigenvalue weighted by atomic mass is 19.4. The minimum Gasteiger partial charge on any atom is -0.497 e. The molecule has 0 bridgehead atoms. The molecule has 1 unspecified atom stereocenters. The summed E-state index contributed by atoms with van der Waals surface area (Å²) in [4.78, 5) is 24.4. The van der Waals surface area contributed by atoms with Gasteiger partial charge in [0.1, 0.15) is 23.6 Å². The normalized spacial score (nSPS) is 15.4. The molecule has 0 radical (unpaired) electrons. The van der Waals surface area contributed by atoms with Gasteiger partial charge in [-0.25, -0.2) is 8.78 Å². The maximum atomic E-state index is 13.1. The van der Waals surface area contributed by atoms with Gasteiger partial charge >= 0.3 is 6.18 Å². The van der Waals surface area contributed by atoms with Gasteiger partial charge in [-0.15, -0.1) is 0 Å². The van der Waals surface area contributed by atoms with Crippen LogP contribution >= 0.6 is 0 Å². The molecule has 2 heterocycles. The first kappa shape index (κ1) is 30.0. The van der Waals surface area contributed by atoms with E-state index in [1.165, 1.54) is 38.5 Å². The standard InChI is InChI=1S/C14H11F3N2O3.C5H10O2.C3H6F2O/c1-22-8-4-2-7(3-5-8)9-6-10(12(18)20)13(21)19-11(9)14(15,16)17;1-5-4-6-2-3-7-5;1-6-2-3(4)5/h2-6H,1H3,(H2,18,20)(H,19,21);5H,2-4H2,1H3;3H,2H2,1H3. The number of aromatic amines is 1. The molecule has 35 heavy (non-hydrogen) atoms. The monoisotopic (exact) mass is 510 g/mol. The topological polar surface area (TPSA) is 113 Å². The summed E-state index contributed by atoms with van der Waals surface area (Å²) in [5, 5.41) is 0. The Balaban J connectivity index is 0.000000384. The molecular formula is C22H27F5N2O6. The average molecular weight is 510 g/mol. The van der Waals surface area contributed by atoms with E-state index >= 15 is 0 Å². The van der Waals surface area contributed by atoms with Crippen molar-refractivity contribution in [1.29, 1.82) is 0 Å². The van der Waals surface area contributed by atoms with Gasteiger partial charge in [-0.05, 0) is 30.7 Å². The predicted octanol–water partition coefficient (Wildman–Crippen LogP) is 3.49. The number of aromatic nitrogens is 1. The quantitative estimate of drug-likeness (QED) is 0.596. The van der Waals surface area contributed by atoms with Gasteiger partial charge in [0, 0.05) is 12.7 Å². The van der Waals surface area contributed by atoms with Crippen molar-refractivity contribution < 1.29 is 45.7 Å². The van der Waals surface area contributed by atoms with Crippen molar-refractivity contribution in [1.82, 2.24) is 4.98 Å². The molecular weight excluding hydrogens is 483 g/mol. The van der Waals surface area contributed by atoms with Crippen LogP contribution in [0.15, 0.2) is 35.1 Å². The number of ether oxygens (including phenoxy) is 4. The number of methoxy groups -OCH3 is 2. The summed E-state index contributed by atoms with van der Waals surface area (Å²) in [6.07, 6.45) is -6.80. The largest absolute Gasteiger partial charge is 0.497 e. The van der Waals surface area contributed by atoms with Crippen molar-refractivity contribution >= 4 is 5.91 Å². The summed E-state index contributed by atoms with van der Waals surface area (Å²) in [7, 11) is 2.66. The molecule has 196 valence electrons. The molecule has 13 heteroatoms. The number of nitrogens with two attached hydrogens (primary N) is 1. The summed E-state index contributed by atoms with van der Waals surface area (Å²) < 4.78 is 80.3. The first-order valence-corrected chi connectivity index (χ1v) is 10.2. The van der Waals surface area contributed by atoms with Gasteiger partial charge < -0.3 is 29.7 Å². The molecule has 1 aromatic carbocycles. The lowest BCUT2D eigenvalue weighted by atomic mass is 10.0. The van der Waals surface area contributed by atoms with Crippen LogP contribution in [0.1, 0.15) is 23.0 Å². The van der Waals surface area contributed by atoms with E-state index in [-0.39, 0.29) is 11.1 Å². The van der Waals surface area contributed by atoms with E-state index in [1.807, 2.05) is 6.92 Å². The van der Waals surface area contributed by atoms with Gasteiger partial charge in [0.25, 0.3) is 17.9 Å². The van der Waals surface area contributed by atoms with E-state index in [0.29, 0.717) is 11.9 Å². The Kier molecular flexibility index (Phi) is 12.3. The van der Waals surface area contributed by atoms with Crippen molar-refractivity contribution in [2.45, 2.75) is 25.6 Å². The Bertz CT molecular complexity index is 974. The minimum absolute atomic E-state index is 0.159. The van der Waals surface area contributed by atoms with Crippen LogP contribution in [0.3, 0.4) is 0 Å². The lowest BCUT2D eigenvalue weighted by molar-refractivity contribution is -0.140. The summed E-state index contributed by atoms with van der Waals surface area (Å²) in [5.41, 5.74) is 1.85. The highest BCUT2D eigenvalue weighted by molar-refractivity contribution is 5.93. The molecule has 1 aliphatic rings. The van der Waals surface area contributed by atoms with E-state index in [1.54, 1.807) is 4.98 Å². The Morgan fingerprint density at radius 1 is 1.20 bits per heavy atom. The molecule has 0 saturated carbocycles. The number of rotatable bonds is 5. The van der Waals surface area contributed by atoms with Gasteiger partial charge in [-0.2, -0.15) is 13.2 Å². The van der Waals surface area contributed by atoms with Crippen molar-refractivity contribution in [3.05, 3.63) is 51.9 Å². The number of amides is 1. The Morgan fingerprint density at radius 2 is 1.83 bits per heavy atom. The maximum absolute atomic E-state index is 13.1. The van der Waals surface area contributed by atoms with Crippen LogP contribution in [0.5, 0.6) is 5.75 Å². The first-order valence-electron chi connectivity index (χ1n) is 10.2. The molecule has 1 amide bonds. The van der Waals surface area contributed by atoms with Gasteiger partial charge in [0.05, 0.1) is 33.0 Å². The minimum atomic E-state index is -4.79.